The van der Waals surface area contributed by atoms with E-state index >= 15 is 0 Å². The number of carbonyl (C=O) groups is 3. The standard InChI is InChI=1S/C32H40N6O5/c1-5-28(39)38(24-13-9-8-10-14-24)27-22-33-31(36(6-2)7-3)35-29(27)34-26(30(40)42-4)21-23-15-17-25(18-16-23)43-32(41)37-19-11-12-20-37/h8-10,13-18,22,26H,5-7,11-12,19-21H2,1-4H3,(H,33,34,35)/t26-/m0/s1. The third kappa shape index (κ3) is 7.79. The van der Waals surface area contributed by atoms with E-state index < -0.39 is 12.0 Å². The van der Waals surface area contributed by atoms with Crippen LogP contribution >= 0.6 is 0 Å². The molecule has 11 nitrogen and oxygen atoms in total. The van der Waals surface area contributed by atoms with Crippen LogP contribution in [0.4, 0.5) is 27.9 Å². The molecular formula is C32H40N6O5. The third-order valence-corrected chi connectivity index (χ3v) is 7.34. The maximum absolute atomic E-state index is 13.3. The molecule has 1 aromatic heterocycles. The molecule has 0 spiro atoms. The maximum atomic E-state index is 13.3. The summed E-state index contributed by atoms with van der Waals surface area (Å²) < 4.78 is 10.7. The maximum Gasteiger partial charge on any atom is 0.415 e. The molecule has 0 bridgehead atoms. The molecule has 1 saturated heterocycles. The van der Waals surface area contributed by atoms with Gasteiger partial charge in [0.25, 0.3) is 0 Å². The number of nitrogens with one attached hydrogen (secondary N) is 1. The third-order valence-electron chi connectivity index (χ3n) is 7.34. The van der Waals surface area contributed by atoms with E-state index in [2.05, 4.69) is 10.3 Å². The number of aromatic nitrogens is 2. The Morgan fingerprint density at radius 1 is 0.977 bits per heavy atom. The normalized spacial score (nSPS) is 13.3. The fraction of sp³-hybridized carbons (Fsp3) is 0.406. The summed E-state index contributed by atoms with van der Waals surface area (Å²) in [5, 5.41) is 3.27. The van der Waals surface area contributed by atoms with Crippen LogP contribution in [-0.2, 0) is 20.7 Å². The van der Waals surface area contributed by atoms with Gasteiger partial charge in [-0.25, -0.2) is 14.6 Å². The van der Waals surface area contributed by atoms with Crippen LogP contribution in [0.2, 0.25) is 0 Å². The van der Waals surface area contributed by atoms with Gasteiger partial charge in [-0.05, 0) is 56.5 Å². The summed E-state index contributed by atoms with van der Waals surface area (Å²) in [6.45, 7) is 8.58. The molecule has 1 N–H and O–H groups in total. The monoisotopic (exact) mass is 588 g/mol. The first-order valence-corrected chi connectivity index (χ1v) is 14.8. The summed E-state index contributed by atoms with van der Waals surface area (Å²) >= 11 is 0. The van der Waals surface area contributed by atoms with Crippen molar-refractivity contribution in [3.8, 4) is 5.75 Å². The van der Waals surface area contributed by atoms with E-state index in [-0.39, 0.29) is 24.8 Å². The molecule has 1 aliphatic rings. The number of esters is 1. The molecule has 4 rings (SSSR count). The molecule has 228 valence electrons. The van der Waals surface area contributed by atoms with E-state index in [4.69, 9.17) is 14.5 Å². The van der Waals surface area contributed by atoms with Gasteiger partial charge in [0.05, 0.1) is 13.3 Å². The van der Waals surface area contributed by atoms with Crippen molar-refractivity contribution in [1.82, 2.24) is 14.9 Å². The Balaban J connectivity index is 1.65. The lowest BCUT2D eigenvalue weighted by molar-refractivity contribution is -0.141. The molecule has 0 radical (unpaired) electrons. The number of amides is 2. The Bertz CT molecular complexity index is 1370. The van der Waals surface area contributed by atoms with Crippen molar-refractivity contribution in [2.24, 2.45) is 0 Å². The van der Waals surface area contributed by atoms with Gasteiger partial charge in [-0.3, -0.25) is 9.69 Å². The number of hydrogen-bond donors (Lipinski definition) is 1. The highest BCUT2D eigenvalue weighted by molar-refractivity contribution is 6.03. The first-order chi connectivity index (χ1) is 20.9. The molecule has 1 fully saturated rings. The van der Waals surface area contributed by atoms with Crippen LogP contribution in [0.3, 0.4) is 0 Å². The minimum atomic E-state index is -0.837. The molecule has 1 atom stereocenters. The van der Waals surface area contributed by atoms with Gasteiger partial charge in [-0.1, -0.05) is 37.3 Å². The van der Waals surface area contributed by atoms with Crippen LogP contribution in [0, 0.1) is 0 Å². The number of benzene rings is 2. The summed E-state index contributed by atoms with van der Waals surface area (Å²) in [5.41, 5.74) is 1.89. The lowest BCUT2D eigenvalue weighted by atomic mass is 10.1. The van der Waals surface area contributed by atoms with Crippen molar-refractivity contribution in [2.75, 3.05) is 48.4 Å². The predicted octanol–water partition coefficient (Wildman–Crippen LogP) is 5.19. The van der Waals surface area contributed by atoms with E-state index in [1.165, 1.54) is 7.11 Å². The molecule has 11 heteroatoms. The highest BCUT2D eigenvalue weighted by Gasteiger charge is 2.27. The molecule has 43 heavy (non-hydrogen) atoms. The van der Waals surface area contributed by atoms with Crippen LogP contribution in [0.25, 0.3) is 0 Å². The summed E-state index contributed by atoms with van der Waals surface area (Å²) in [5.74, 6) is 0.588. The number of nitrogens with zero attached hydrogens (tertiary/aromatic N) is 5. The molecular weight excluding hydrogens is 548 g/mol. The van der Waals surface area contributed by atoms with Crippen LogP contribution in [-0.4, -0.2) is 72.2 Å². The van der Waals surface area contributed by atoms with Gasteiger partial charge >= 0.3 is 12.1 Å². The van der Waals surface area contributed by atoms with Crippen LogP contribution in [0.1, 0.15) is 45.6 Å². The second-order valence-electron chi connectivity index (χ2n) is 10.1. The number of likely N-dealkylation sites (tertiary alicyclic amines) is 1. The molecule has 0 saturated carbocycles. The van der Waals surface area contributed by atoms with Crippen molar-refractivity contribution in [3.63, 3.8) is 0 Å². The summed E-state index contributed by atoms with van der Waals surface area (Å²) in [6, 6.07) is 15.5. The molecule has 0 aliphatic carbocycles. The number of anilines is 4. The number of para-hydroxylation sites is 1. The van der Waals surface area contributed by atoms with Crippen LogP contribution < -0.4 is 19.9 Å². The van der Waals surface area contributed by atoms with Gasteiger partial charge in [-0.15, -0.1) is 0 Å². The van der Waals surface area contributed by atoms with E-state index in [1.807, 2.05) is 61.2 Å². The summed E-state index contributed by atoms with van der Waals surface area (Å²) in [6.07, 6.45) is 3.73. The topological polar surface area (TPSA) is 117 Å². The Hall–Kier alpha value is -4.67. The van der Waals surface area contributed by atoms with Crippen molar-refractivity contribution >= 4 is 41.1 Å². The summed E-state index contributed by atoms with van der Waals surface area (Å²) in [4.78, 5) is 53.3. The van der Waals surface area contributed by atoms with E-state index in [1.54, 1.807) is 35.1 Å². The Labute approximate surface area is 252 Å². The van der Waals surface area contributed by atoms with E-state index in [0.29, 0.717) is 55.1 Å². The van der Waals surface area contributed by atoms with Gasteiger partial charge in [0, 0.05) is 44.7 Å². The van der Waals surface area contributed by atoms with E-state index in [9.17, 15) is 14.4 Å². The first kappa shape index (κ1) is 31.3. The molecule has 3 aromatic rings. The highest BCUT2D eigenvalue weighted by Crippen LogP contribution is 2.33. The molecule has 1 aliphatic heterocycles. The largest absolute Gasteiger partial charge is 0.467 e. The lowest BCUT2D eigenvalue weighted by Gasteiger charge is -2.28. The predicted molar refractivity (Wildman–Crippen MR) is 166 cm³/mol. The number of hydrogen-bond acceptors (Lipinski definition) is 9. The average molecular weight is 589 g/mol. The van der Waals surface area contributed by atoms with Gasteiger partial charge in [0.15, 0.2) is 5.82 Å². The van der Waals surface area contributed by atoms with E-state index in [0.717, 1.165) is 18.4 Å². The Morgan fingerprint density at radius 2 is 1.65 bits per heavy atom. The Kier molecular flexibility index (Phi) is 10.9. The minimum absolute atomic E-state index is 0.151. The zero-order valence-electron chi connectivity index (χ0n) is 25.3. The van der Waals surface area contributed by atoms with Gasteiger partial charge in [0.2, 0.25) is 11.9 Å². The quantitative estimate of drug-likeness (QED) is 0.285. The molecule has 2 amide bonds. The summed E-state index contributed by atoms with van der Waals surface area (Å²) in [7, 11) is 1.33. The smallest absolute Gasteiger partial charge is 0.415 e. The van der Waals surface area contributed by atoms with Crippen LogP contribution in [0.15, 0.2) is 60.8 Å². The molecule has 0 unspecified atom stereocenters. The van der Waals surface area contributed by atoms with Crippen molar-refractivity contribution in [2.45, 2.75) is 52.5 Å². The number of carbonyl (C=O) groups excluding carboxylic acids is 3. The SMILES string of the molecule is CCC(=O)N(c1ccccc1)c1cnc(N(CC)CC)nc1N[C@@H](Cc1ccc(OC(=O)N2CCCC2)cc1)C(=O)OC. The fourth-order valence-corrected chi connectivity index (χ4v) is 4.94. The number of rotatable bonds is 12. The minimum Gasteiger partial charge on any atom is -0.467 e. The number of methoxy groups -OCH3 is 1. The highest BCUT2D eigenvalue weighted by atomic mass is 16.6. The molecule has 2 aromatic carbocycles. The van der Waals surface area contributed by atoms with Crippen molar-refractivity contribution in [1.29, 1.82) is 0 Å². The van der Waals surface area contributed by atoms with Gasteiger partial charge < -0.3 is 24.6 Å². The average Bonchev–Trinajstić information content (AvgIpc) is 3.59. The van der Waals surface area contributed by atoms with Crippen LogP contribution in [0.5, 0.6) is 5.75 Å². The van der Waals surface area contributed by atoms with Crippen molar-refractivity contribution < 1.29 is 23.9 Å². The zero-order chi connectivity index (χ0) is 30.8. The Morgan fingerprint density at radius 3 is 2.26 bits per heavy atom. The van der Waals surface area contributed by atoms with Gasteiger partial charge in [-0.2, -0.15) is 4.98 Å². The number of ether oxygens (including phenoxy) is 2. The fourth-order valence-electron chi connectivity index (χ4n) is 4.94. The zero-order valence-corrected chi connectivity index (χ0v) is 25.3. The van der Waals surface area contributed by atoms with Gasteiger partial charge in [0.1, 0.15) is 17.5 Å². The second-order valence-corrected chi connectivity index (χ2v) is 10.1. The molecule has 2 heterocycles. The van der Waals surface area contributed by atoms with Crippen molar-refractivity contribution in [3.05, 3.63) is 66.4 Å². The lowest BCUT2D eigenvalue weighted by Crippen LogP contribution is -2.35. The second kappa shape index (κ2) is 15.0. The first-order valence-electron chi connectivity index (χ1n) is 14.8.